The Kier molecular flexibility index (Phi) is 2.82. The summed E-state index contributed by atoms with van der Waals surface area (Å²) < 4.78 is 9.93. The number of carbonyl (C=O) groups excluding carboxylic acids is 2. The molecule has 4 heteroatoms. The minimum Gasteiger partial charge on any atom is -0.446 e. The first kappa shape index (κ1) is 10.2. The molecule has 0 saturated heterocycles. The Morgan fingerprint density at radius 1 is 1.12 bits per heavy atom. The Labute approximate surface area is 91.4 Å². The molecular weight excluding hydrogens is 208 g/mol. The molecule has 0 spiro atoms. The number of para-hydroxylation sites is 1. The van der Waals surface area contributed by atoms with Gasteiger partial charge >= 0.3 is 5.97 Å². The Balaban J connectivity index is 2.11. The SMILES string of the molecule is O=Cc1ccc(C(=O)Oc2ccccc2)o1. The summed E-state index contributed by atoms with van der Waals surface area (Å²) in [7, 11) is 0. The summed E-state index contributed by atoms with van der Waals surface area (Å²) in [5, 5.41) is 0. The lowest BCUT2D eigenvalue weighted by molar-refractivity contribution is 0.0700. The average molecular weight is 216 g/mol. The van der Waals surface area contributed by atoms with Gasteiger partial charge in [0.05, 0.1) is 0 Å². The van der Waals surface area contributed by atoms with Crippen LogP contribution in [-0.4, -0.2) is 12.3 Å². The van der Waals surface area contributed by atoms with Crippen LogP contribution in [0.3, 0.4) is 0 Å². The van der Waals surface area contributed by atoms with Crippen molar-refractivity contribution in [2.75, 3.05) is 0 Å². The van der Waals surface area contributed by atoms with Crippen molar-refractivity contribution >= 4 is 12.3 Å². The van der Waals surface area contributed by atoms with Crippen LogP contribution in [0.4, 0.5) is 0 Å². The van der Waals surface area contributed by atoms with E-state index >= 15 is 0 Å². The molecule has 80 valence electrons. The van der Waals surface area contributed by atoms with Crippen molar-refractivity contribution < 1.29 is 18.7 Å². The van der Waals surface area contributed by atoms with Crippen LogP contribution in [0.15, 0.2) is 46.9 Å². The monoisotopic (exact) mass is 216 g/mol. The van der Waals surface area contributed by atoms with E-state index < -0.39 is 5.97 Å². The lowest BCUT2D eigenvalue weighted by atomic mass is 10.3. The van der Waals surface area contributed by atoms with Gasteiger partial charge in [-0.2, -0.15) is 0 Å². The third-order valence-corrected chi connectivity index (χ3v) is 1.90. The summed E-state index contributed by atoms with van der Waals surface area (Å²) in [5.41, 5.74) is 0. The molecule has 0 aliphatic heterocycles. The molecule has 0 atom stereocenters. The van der Waals surface area contributed by atoms with Crippen molar-refractivity contribution in [2.45, 2.75) is 0 Å². The first-order valence-electron chi connectivity index (χ1n) is 4.62. The predicted octanol–water partition coefficient (Wildman–Crippen LogP) is 2.31. The Morgan fingerprint density at radius 3 is 2.50 bits per heavy atom. The van der Waals surface area contributed by atoms with E-state index in [2.05, 4.69) is 0 Å². The van der Waals surface area contributed by atoms with Gasteiger partial charge in [0.2, 0.25) is 5.76 Å². The largest absolute Gasteiger partial charge is 0.446 e. The zero-order valence-corrected chi connectivity index (χ0v) is 8.25. The van der Waals surface area contributed by atoms with Gasteiger partial charge in [0, 0.05) is 0 Å². The molecule has 0 bridgehead atoms. The molecule has 2 rings (SSSR count). The lowest BCUT2D eigenvalue weighted by Crippen LogP contribution is -2.06. The summed E-state index contributed by atoms with van der Waals surface area (Å²) in [6.07, 6.45) is 0.527. The second-order valence-corrected chi connectivity index (χ2v) is 3.02. The van der Waals surface area contributed by atoms with Crippen molar-refractivity contribution in [1.29, 1.82) is 0 Å². The number of hydrogen-bond acceptors (Lipinski definition) is 4. The molecule has 0 fully saturated rings. The number of carbonyl (C=O) groups is 2. The maximum absolute atomic E-state index is 11.5. The number of hydrogen-bond donors (Lipinski definition) is 0. The maximum atomic E-state index is 11.5. The highest BCUT2D eigenvalue weighted by atomic mass is 16.5. The quantitative estimate of drug-likeness (QED) is 0.448. The first-order chi connectivity index (χ1) is 7.79. The molecule has 0 aliphatic carbocycles. The zero-order chi connectivity index (χ0) is 11.4. The summed E-state index contributed by atoms with van der Waals surface area (Å²) in [5.74, 6) is -0.0955. The van der Waals surface area contributed by atoms with Gasteiger partial charge < -0.3 is 9.15 Å². The smallest absolute Gasteiger partial charge is 0.379 e. The topological polar surface area (TPSA) is 56.5 Å². The van der Waals surface area contributed by atoms with Crippen LogP contribution < -0.4 is 4.74 Å². The molecular formula is C12H8O4. The third-order valence-electron chi connectivity index (χ3n) is 1.90. The average Bonchev–Trinajstić information content (AvgIpc) is 2.79. The minimum atomic E-state index is -0.626. The van der Waals surface area contributed by atoms with E-state index in [1.54, 1.807) is 24.3 Å². The van der Waals surface area contributed by atoms with Gasteiger partial charge in [-0.1, -0.05) is 18.2 Å². The van der Waals surface area contributed by atoms with Gasteiger partial charge in [-0.15, -0.1) is 0 Å². The van der Waals surface area contributed by atoms with E-state index in [1.807, 2.05) is 6.07 Å². The van der Waals surface area contributed by atoms with Gasteiger partial charge in [0.15, 0.2) is 12.0 Å². The normalized spacial score (nSPS) is 9.75. The highest BCUT2D eigenvalue weighted by molar-refractivity contribution is 5.89. The van der Waals surface area contributed by atoms with Crippen LogP contribution in [0, 0.1) is 0 Å². The van der Waals surface area contributed by atoms with Gasteiger partial charge in [-0.25, -0.2) is 4.79 Å². The summed E-state index contributed by atoms with van der Waals surface area (Å²) in [4.78, 5) is 21.9. The number of esters is 1. The fraction of sp³-hybridized carbons (Fsp3) is 0. The predicted molar refractivity (Wildman–Crippen MR) is 55.5 cm³/mol. The first-order valence-corrected chi connectivity index (χ1v) is 4.62. The highest BCUT2D eigenvalue weighted by Crippen LogP contribution is 2.13. The molecule has 0 aliphatic rings. The molecule has 0 unspecified atom stereocenters. The van der Waals surface area contributed by atoms with Gasteiger partial charge in [-0.3, -0.25) is 4.79 Å². The van der Waals surface area contributed by atoms with Gasteiger partial charge in [0.1, 0.15) is 5.75 Å². The van der Waals surface area contributed by atoms with E-state index in [4.69, 9.17) is 9.15 Å². The van der Waals surface area contributed by atoms with E-state index in [1.165, 1.54) is 12.1 Å². The fourth-order valence-electron chi connectivity index (χ4n) is 1.17. The van der Waals surface area contributed by atoms with Crippen LogP contribution in [-0.2, 0) is 0 Å². The van der Waals surface area contributed by atoms with Crippen molar-refractivity contribution in [1.82, 2.24) is 0 Å². The van der Waals surface area contributed by atoms with Crippen LogP contribution in [0.5, 0.6) is 5.75 Å². The van der Waals surface area contributed by atoms with Crippen molar-refractivity contribution in [3.05, 3.63) is 54.0 Å². The third kappa shape index (κ3) is 2.17. The molecule has 2 aromatic rings. The Morgan fingerprint density at radius 2 is 1.88 bits per heavy atom. The Hall–Kier alpha value is -2.36. The molecule has 1 aromatic carbocycles. The summed E-state index contributed by atoms with van der Waals surface area (Å²) in [6, 6.07) is 11.4. The van der Waals surface area contributed by atoms with Crippen molar-refractivity contribution in [2.24, 2.45) is 0 Å². The molecule has 16 heavy (non-hydrogen) atoms. The number of furan rings is 1. The van der Waals surface area contributed by atoms with E-state index in [0.29, 0.717) is 12.0 Å². The minimum absolute atomic E-state index is 0.00551. The van der Waals surface area contributed by atoms with Crippen LogP contribution >= 0.6 is 0 Å². The zero-order valence-electron chi connectivity index (χ0n) is 8.25. The second kappa shape index (κ2) is 4.44. The van der Waals surface area contributed by atoms with Crippen LogP contribution in [0.2, 0.25) is 0 Å². The van der Waals surface area contributed by atoms with Gasteiger partial charge in [0.25, 0.3) is 0 Å². The maximum Gasteiger partial charge on any atom is 0.379 e. The number of rotatable bonds is 3. The number of aldehydes is 1. The molecule has 0 amide bonds. The Bertz CT molecular complexity index is 499. The second-order valence-electron chi connectivity index (χ2n) is 3.02. The number of benzene rings is 1. The lowest BCUT2D eigenvalue weighted by Gasteiger charge is -2.00. The summed E-state index contributed by atoms with van der Waals surface area (Å²) in [6.45, 7) is 0. The molecule has 4 nitrogen and oxygen atoms in total. The van der Waals surface area contributed by atoms with E-state index in [0.717, 1.165) is 0 Å². The molecule has 0 radical (unpaired) electrons. The van der Waals surface area contributed by atoms with Crippen LogP contribution in [0.25, 0.3) is 0 Å². The molecule has 1 heterocycles. The molecule has 0 saturated carbocycles. The fourth-order valence-corrected chi connectivity index (χ4v) is 1.17. The van der Waals surface area contributed by atoms with E-state index in [9.17, 15) is 9.59 Å². The number of ether oxygens (including phenoxy) is 1. The summed E-state index contributed by atoms with van der Waals surface area (Å²) >= 11 is 0. The van der Waals surface area contributed by atoms with Gasteiger partial charge in [-0.05, 0) is 24.3 Å². The standard InChI is InChI=1S/C12H8O4/c13-8-10-6-7-11(15-10)12(14)16-9-4-2-1-3-5-9/h1-8H. The van der Waals surface area contributed by atoms with Crippen molar-refractivity contribution in [3.8, 4) is 5.75 Å². The molecule has 0 N–H and O–H groups in total. The van der Waals surface area contributed by atoms with Crippen molar-refractivity contribution in [3.63, 3.8) is 0 Å². The van der Waals surface area contributed by atoms with Crippen LogP contribution in [0.1, 0.15) is 21.1 Å². The highest BCUT2D eigenvalue weighted by Gasteiger charge is 2.13. The van der Waals surface area contributed by atoms with E-state index in [-0.39, 0.29) is 11.5 Å². The molecule has 1 aromatic heterocycles.